The van der Waals surface area contributed by atoms with Gasteiger partial charge in [-0.25, -0.2) is 0 Å². The Kier molecular flexibility index (Phi) is 3.13. The van der Waals surface area contributed by atoms with Gasteiger partial charge in [0.1, 0.15) is 0 Å². The van der Waals surface area contributed by atoms with Gasteiger partial charge < -0.3 is 10.2 Å². The molecule has 2 fully saturated rings. The Balaban J connectivity index is 2.00. The third-order valence-electron chi connectivity index (χ3n) is 4.31. The Morgan fingerprint density at radius 1 is 1.29 bits per heavy atom. The summed E-state index contributed by atoms with van der Waals surface area (Å²) in [5, 5.41) is 3.75. The molecule has 82 valence electrons. The first-order valence-corrected chi connectivity index (χ1v) is 6.18. The molecular formula is C12H24N2. The van der Waals surface area contributed by atoms with E-state index >= 15 is 0 Å². The summed E-state index contributed by atoms with van der Waals surface area (Å²) in [5.41, 5.74) is 0. The van der Waals surface area contributed by atoms with Crippen molar-refractivity contribution in [2.75, 3.05) is 26.7 Å². The predicted octanol–water partition coefficient (Wildman–Crippen LogP) is 1.57. The van der Waals surface area contributed by atoms with Crippen molar-refractivity contribution in [2.24, 2.45) is 17.8 Å². The molecule has 0 radical (unpaired) electrons. The summed E-state index contributed by atoms with van der Waals surface area (Å²) in [6.45, 7) is 8.56. The highest BCUT2D eigenvalue weighted by atomic mass is 15.2. The summed E-state index contributed by atoms with van der Waals surface area (Å²) in [6, 6.07) is 0.806. The predicted molar refractivity (Wildman–Crippen MR) is 60.3 cm³/mol. The molecule has 2 aliphatic heterocycles. The molecule has 3 unspecified atom stereocenters. The number of fused-ring (bicyclic) bond motifs is 1. The van der Waals surface area contributed by atoms with Crippen LogP contribution in [-0.4, -0.2) is 37.6 Å². The minimum Gasteiger partial charge on any atom is -0.313 e. The fraction of sp³-hybridized carbons (Fsp3) is 1.00. The van der Waals surface area contributed by atoms with Gasteiger partial charge in [-0.2, -0.15) is 0 Å². The highest BCUT2D eigenvalue weighted by molar-refractivity contribution is 4.99. The molecule has 0 amide bonds. The number of hydrogen-bond acceptors (Lipinski definition) is 2. The van der Waals surface area contributed by atoms with E-state index in [1.165, 1.54) is 32.5 Å². The van der Waals surface area contributed by atoms with Gasteiger partial charge >= 0.3 is 0 Å². The average Bonchev–Trinajstić information content (AvgIpc) is 2.68. The van der Waals surface area contributed by atoms with E-state index < -0.39 is 0 Å². The Morgan fingerprint density at radius 2 is 2.00 bits per heavy atom. The molecule has 3 atom stereocenters. The number of hydrogen-bond donors (Lipinski definition) is 1. The molecule has 0 saturated carbocycles. The van der Waals surface area contributed by atoms with Gasteiger partial charge in [0, 0.05) is 19.1 Å². The van der Waals surface area contributed by atoms with Crippen LogP contribution in [0.3, 0.4) is 0 Å². The van der Waals surface area contributed by atoms with Gasteiger partial charge in [-0.3, -0.25) is 0 Å². The maximum absolute atomic E-state index is 3.75. The van der Waals surface area contributed by atoms with Gasteiger partial charge in [0.15, 0.2) is 0 Å². The fourth-order valence-corrected chi connectivity index (χ4v) is 3.49. The second kappa shape index (κ2) is 4.19. The van der Waals surface area contributed by atoms with E-state index in [0.29, 0.717) is 0 Å². The molecule has 0 aromatic rings. The Labute approximate surface area is 88.1 Å². The van der Waals surface area contributed by atoms with Gasteiger partial charge in [-0.1, -0.05) is 26.7 Å². The Hall–Kier alpha value is -0.0800. The van der Waals surface area contributed by atoms with Crippen molar-refractivity contribution >= 4 is 0 Å². The molecule has 0 aromatic heterocycles. The Morgan fingerprint density at radius 3 is 2.64 bits per heavy atom. The van der Waals surface area contributed by atoms with Crippen LogP contribution in [0.5, 0.6) is 0 Å². The van der Waals surface area contributed by atoms with E-state index in [1.54, 1.807) is 0 Å². The summed E-state index contributed by atoms with van der Waals surface area (Å²) < 4.78 is 0. The third-order valence-corrected chi connectivity index (χ3v) is 4.31. The molecule has 2 heterocycles. The lowest BCUT2D eigenvalue weighted by molar-refractivity contribution is 0.278. The largest absolute Gasteiger partial charge is 0.313 e. The lowest BCUT2D eigenvalue weighted by atomic mass is 9.83. The molecular weight excluding hydrogens is 172 g/mol. The second-order valence-corrected chi connectivity index (χ2v) is 5.16. The monoisotopic (exact) mass is 196 g/mol. The summed E-state index contributed by atoms with van der Waals surface area (Å²) in [6.07, 6.45) is 2.67. The van der Waals surface area contributed by atoms with Crippen LogP contribution in [0.2, 0.25) is 0 Å². The highest BCUT2D eigenvalue weighted by Crippen LogP contribution is 2.35. The van der Waals surface area contributed by atoms with Gasteiger partial charge in [0.05, 0.1) is 0 Å². The van der Waals surface area contributed by atoms with E-state index in [-0.39, 0.29) is 0 Å². The van der Waals surface area contributed by atoms with Crippen LogP contribution in [0, 0.1) is 17.8 Å². The number of likely N-dealkylation sites (tertiary alicyclic amines) is 1. The van der Waals surface area contributed by atoms with Gasteiger partial charge in [0.25, 0.3) is 0 Å². The standard InChI is InChI=1S/C12H24N2/c1-4-9(5-2)12-11-8-14(3)7-10(11)6-13-12/h9-13H,4-8H2,1-3H3. The summed E-state index contributed by atoms with van der Waals surface area (Å²) in [4.78, 5) is 2.51. The van der Waals surface area contributed by atoms with Crippen LogP contribution in [0.1, 0.15) is 26.7 Å². The SMILES string of the molecule is CCC(CC)C1NCC2CN(C)CC21. The van der Waals surface area contributed by atoms with E-state index in [1.807, 2.05) is 0 Å². The second-order valence-electron chi connectivity index (χ2n) is 5.16. The highest BCUT2D eigenvalue weighted by Gasteiger charge is 2.43. The molecule has 1 N–H and O–H groups in total. The van der Waals surface area contributed by atoms with Crippen molar-refractivity contribution in [3.63, 3.8) is 0 Å². The first-order valence-electron chi connectivity index (χ1n) is 6.18. The molecule has 0 aromatic carbocycles. The molecule has 0 bridgehead atoms. The lowest BCUT2D eigenvalue weighted by Gasteiger charge is -2.26. The first-order chi connectivity index (χ1) is 6.76. The summed E-state index contributed by atoms with van der Waals surface area (Å²) >= 11 is 0. The summed E-state index contributed by atoms with van der Waals surface area (Å²) in [5.74, 6) is 2.77. The molecule has 2 aliphatic rings. The number of rotatable bonds is 3. The number of nitrogens with one attached hydrogen (secondary N) is 1. The maximum atomic E-state index is 3.75. The van der Waals surface area contributed by atoms with Crippen LogP contribution in [0.4, 0.5) is 0 Å². The lowest BCUT2D eigenvalue weighted by Crippen LogP contribution is -2.37. The zero-order valence-corrected chi connectivity index (χ0v) is 9.79. The topological polar surface area (TPSA) is 15.3 Å². The summed E-state index contributed by atoms with van der Waals surface area (Å²) in [7, 11) is 2.27. The molecule has 0 spiro atoms. The maximum Gasteiger partial charge on any atom is 0.0139 e. The van der Waals surface area contributed by atoms with Crippen molar-refractivity contribution in [1.82, 2.24) is 10.2 Å². The van der Waals surface area contributed by atoms with Crippen molar-refractivity contribution < 1.29 is 0 Å². The van der Waals surface area contributed by atoms with Crippen LogP contribution in [-0.2, 0) is 0 Å². The van der Waals surface area contributed by atoms with E-state index in [2.05, 4.69) is 31.1 Å². The minimum atomic E-state index is 0.806. The van der Waals surface area contributed by atoms with Crippen LogP contribution in [0.15, 0.2) is 0 Å². The van der Waals surface area contributed by atoms with Gasteiger partial charge in [-0.15, -0.1) is 0 Å². The van der Waals surface area contributed by atoms with Crippen molar-refractivity contribution in [1.29, 1.82) is 0 Å². The molecule has 2 rings (SSSR count). The minimum absolute atomic E-state index is 0.806. The molecule has 2 nitrogen and oxygen atoms in total. The third kappa shape index (κ3) is 1.70. The molecule has 2 saturated heterocycles. The quantitative estimate of drug-likeness (QED) is 0.737. The zero-order valence-electron chi connectivity index (χ0n) is 9.79. The van der Waals surface area contributed by atoms with Crippen LogP contribution < -0.4 is 5.32 Å². The molecule has 2 heteroatoms. The van der Waals surface area contributed by atoms with Crippen molar-refractivity contribution in [3.05, 3.63) is 0 Å². The van der Waals surface area contributed by atoms with E-state index in [9.17, 15) is 0 Å². The van der Waals surface area contributed by atoms with E-state index in [0.717, 1.165) is 23.8 Å². The fourth-order valence-electron chi connectivity index (χ4n) is 3.49. The van der Waals surface area contributed by atoms with E-state index in [4.69, 9.17) is 0 Å². The first kappa shape index (κ1) is 10.4. The average molecular weight is 196 g/mol. The molecule has 0 aliphatic carbocycles. The van der Waals surface area contributed by atoms with Gasteiger partial charge in [0.2, 0.25) is 0 Å². The van der Waals surface area contributed by atoms with Crippen molar-refractivity contribution in [2.45, 2.75) is 32.7 Å². The van der Waals surface area contributed by atoms with Crippen molar-refractivity contribution in [3.8, 4) is 0 Å². The molecule has 14 heavy (non-hydrogen) atoms. The Bertz CT molecular complexity index is 189. The van der Waals surface area contributed by atoms with Gasteiger partial charge in [-0.05, 0) is 31.3 Å². The number of nitrogens with zero attached hydrogens (tertiary/aromatic N) is 1. The smallest absolute Gasteiger partial charge is 0.0139 e. The zero-order chi connectivity index (χ0) is 10.1. The van der Waals surface area contributed by atoms with Crippen LogP contribution >= 0.6 is 0 Å². The van der Waals surface area contributed by atoms with Crippen LogP contribution in [0.25, 0.3) is 0 Å². The normalized spacial score (nSPS) is 38.1.